The van der Waals surface area contributed by atoms with Crippen LogP contribution in [0.5, 0.6) is 0 Å². The summed E-state index contributed by atoms with van der Waals surface area (Å²) < 4.78 is 23.5. The Morgan fingerprint density at radius 3 is 2.42 bits per heavy atom. The molecule has 2 rings (SSSR count). The highest BCUT2D eigenvalue weighted by Crippen LogP contribution is 2.16. The van der Waals surface area contributed by atoms with Gasteiger partial charge in [-0.2, -0.15) is 0 Å². The Labute approximate surface area is 120 Å². The van der Waals surface area contributed by atoms with Crippen LogP contribution in [0.1, 0.15) is 5.56 Å². The molecule has 0 aromatic heterocycles. The second-order valence-corrected chi connectivity index (χ2v) is 6.53. The van der Waals surface area contributed by atoms with E-state index in [4.69, 9.17) is 5.14 Å². The first-order valence-electron chi connectivity index (χ1n) is 5.56. The summed E-state index contributed by atoms with van der Waals surface area (Å²) in [5, 5.41) is 8.25. The molecule has 0 radical (unpaired) electrons. The van der Waals surface area contributed by atoms with Crippen LogP contribution in [0.2, 0.25) is 0 Å². The Bertz CT molecular complexity index is 669. The van der Waals surface area contributed by atoms with Crippen molar-refractivity contribution in [3.63, 3.8) is 0 Å². The fourth-order valence-electron chi connectivity index (χ4n) is 1.59. The Kier molecular flexibility index (Phi) is 4.24. The van der Waals surface area contributed by atoms with Crippen LogP contribution in [-0.4, -0.2) is 8.42 Å². The fourth-order valence-corrected chi connectivity index (χ4v) is 2.41. The van der Waals surface area contributed by atoms with Gasteiger partial charge in [0.2, 0.25) is 10.0 Å². The minimum absolute atomic E-state index is 0.105. The highest BCUT2D eigenvalue weighted by molar-refractivity contribution is 9.10. The lowest BCUT2D eigenvalue weighted by atomic mass is 10.2. The second kappa shape index (κ2) is 5.73. The van der Waals surface area contributed by atoms with E-state index in [2.05, 4.69) is 21.2 Å². The fraction of sp³-hybridized carbons (Fsp3) is 0.0769. The molecule has 0 atom stereocenters. The first kappa shape index (κ1) is 14.0. The topological polar surface area (TPSA) is 72.2 Å². The van der Waals surface area contributed by atoms with Crippen molar-refractivity contribution in [3.8, 4) is 0 Å². The van der Waals surface area contributed by atoms with Crippen LogP contribution in [0.25, 0.3) is 0 Å². The number of hydrogen-bond acceptors (Lipinski definition) is 3. The van der Waals surface area contributed by atoms with E-state index in [0.29, 0.717) is 6.54 Å². The molecule has 0 amide bonds. The average molecular weight is 341 g/mol. The minimum Gasteiger partial charge on any atom is -0.381 e. The van der Waals surface area contributed by atoms with E-state index in [-0.39, 0.29) is 4.90 Å². The second-order valence-electron chi connectivity index (χ2n) is 4.05. The van der Waals surface area contributed by atoms with E-state index >= 15 is 0 Å². The van der Waals surface area contributed by atoms with Crippen LogP contribution in [-0.2, 0) is 16.6 Å². The van der Waals surface area contributed by atoms with Crippen LogP contribution in [0.15, 0.2) is 57.9 Å². The van der Waals surface area contributed by atoms with Gasteiger partial charge in [-0.25, -0.2) is 13.6 Å². The smallest absolute Gasteiger partial charge is 0.238 e. The quantitative estimate of drug-likeness (QED) is 0.898. The molecule has 0 aliphatic heterocycles. The summed E-state index contributed by atoms with van der Waals surface area (Å²) in [5.41, 5.74) is 1.82. The summed E-state index contributed by atoms with van der Waals surface area (Å²) in [7, 11) is -3.66. The van der Waals surface area contributed by atoms with Gasteiger partial charge in [0.05, 0.1) is 4.90 Å². The number of halogens is 1. The third-order valence-corrected chi connectivity index (χ3v) is 4.01. The van der Waals surface area contributed by atoms with Gasteiger partial charge in [-0.1, -0.05) is 34.1 Å². The number of nitrogens with two attached hydrogens (primary N) is 1. The standard InChI is InChI=1S/C13H13BrN2O2S/c14-11-6-4-10(5-7-11)9-16-12-2-1-3-13(8-12)19(15,17)18/h1-8,16H,9H2,(H2,15,17,18). The van der Waals surface area contributed by atoms with E-state index in [1.807, 2.05) is 24.3 Å². The molecule has 6 heteroatoms. The lowest BCUT2D eigenvalue weighted by Gasteiger charge is -2.08. The van der Waals surface area contributed by atoms with Crippen molar-refractivity contribution >= 4 is 31.6 Å². The molecule has 0 aliphatic carbocycles. The molecule has 0 saturated heterocycles. The van der Waals surface area contributed by atoms with E-state index in [9.17, 15) is 8.42 Å². The van der Waals surface area contributed by atoms with Crippen molar-refractivity contribution in [1.29, 1.82) is 0 Å². The molecule has 19 heavy (non-hydrogen) atoms. The Morgan fingerprint density at radius 2 is 1.79 bits per heavy atom. The molecule has 0 bridgehead atoms. The molecule has 0 fully saturated rings. The molecule has 100 valence electrons. The summed E-state index contributed by atoms with van der Waals surface area (Å²) in [5.74, 6) is 0. The third-order valence-electron chi connectivity index (χ3n) is 2.57. The van der Waals surface area contributed by atoms with Crippen LogP contribution in [0, 0.1) is 0 Å². The Balaban J connectivity index is 2.10. The molecule has 0 saturated carbocycles. The van der Waals surface area contributed by atoms with Gasteiger partial charge in [-0.15, -0.1) is 0 Å². The number of anilines is 1. The van der Waals surface area contributed by atoms with Crippen LogP contribution < -0.4 is 10.5 Å². The molecule has 0 spiro atoms. The molecule has 0 heterocycles. The van der Waals surface area contributed by atoms with Crippen molar-refractivity contribution in [1.82, 2.24) is 0 Å². The maximum absolute atomic E-state index is 11.2. The van der Waals surface area contributed by atoms with Crippen molar-refractivity contribution in [2.75, 3.05) is 5.32 Å². The maximum atomic E-state index is 11.2. The highest BCUT2D eigenvalue weighted by atomic mass is 79.9. The van der Waals surface area contributed by atoms with Crippen molar-refractivity contribution in [3.05, 3.63) is 58.6 Å². The number of primary sulfonamides is 1. The van der Waals surface area contributed by atoms with Gasteiger partial charge < -0.3 is 5.32 Å². The van der Waals surface area contributed by atoms with Gasteiger partial charge in [-0.3, -0.25) is 0 Å². The predicted molar refractivity (Wildman–Crippen MR) is 79.3 cm³/mol. The molecular weight excluding hydrogens is 328 g/mol. The van der Waals surface area contributed by atoms with Crippen molar-refractivity contribution in [2.45, 2.75) is 11.4 Å². The van der Waals surface area contributed by atoms with Crippen LogP contribution >= 0.6 is 15.9 Å². The third kappa shape index (κ3) is 4.05. The van der Waals surface area contributed by atoms with Crippen molar-refractivity contribution < 1.29 is 8.42 Å². The van der Waals surface area contributed by atoms with Gasteiger partial charge in [0, 0.05) is 16.7 Å². The zero-order valence-corrected chi connectivity index (χ0v) is 12.4. The van der Waals surface area contributed by atoms with E-state index in [1.54, 1.807) is 12.1 Å². The van der Waals surface area contributed by atoms with E-state index in [0.717, 1.165) is 15.7 Å². The van der Waals surface area contributed by atoms with Crippen LogP contribution in [0.3, 0.4) is 0 Å². The summed E-state index contributed by atoms with van der Waals surface area (Å²) in [4.78, 5) is 0.105. The molecule has 3 N–H and O–H groups in total. The lowest BCUT2D eigenvalue weighted by Crippen LogP contribution is -2.12. The first-order valence-corrected chi connectivity index (χ1v) is 7.90. The van der Waals surface area contributed by atoms with Gasteiger partial charge >= 0.3 is 0 Å². The average Bonchev–Trinajstić information content (AvgIpc) is 2.37. The van der Waals surface area contributed by atoms with E-state index < -0.39 is 10.0 Å². The first-order chi connectivity index (χ1) is 8.95. The molecule has 2 aromatic carbocycles. The SMILES string of the molecule is NS(=O)(=O)c1cccc(NCc2ccc(Br)cc2)c1. The van der Waals surface area contributed by atoms with Crippen molar-refractivity contribution in [2.24, 2.45) is 5.14 Å². The van der Waals surface area contributed by atoms with Gasteiger partial charge in [-0.05, 0) is 35.9 Å². The molecule has 0 unspecified atom stereocenters. The number of rotatable bonds is 4. The zero-order valence-electron chi connectivity index (χ0n) is 10.0. The predicted octanol–water partition coefficient (Wildman–Crippen LogP) is 2.71. The summed E-state index contributed by atoms with van der Waals surface area (Å²) in [6, 6.07) is 14.3. The van der Waals surface area contributed by atoms with E-state index in [1.165, 1.54) is 12.1 Å². The summed E-state index contributed by atoms with van der Waals surface area (Å²) in [6.07, 6.45) is 0. The Morgan fingerprint density at radius 1 is 1.11 bits per heavy atom. The van der Waals surface area contributed by atoms with Crippen LogP contribution in [0.4, 0.5) is 5.69 Å². The Hall–Kier alpha value is -1.37. The lowest BCUT2D eigenvalue weighted by molar-refractivity contribution is 0.598. The summed E-state index contributed by atoms with van der Waals surface area (Å²) >= 11 is 3.37. The summed E-state index contributed by atoms with van der Waals surface area (Å²) in [6.45, 7) is 0.612. The van der Waals surface area contributed by atoms with Gasteiger partial charge in [0.1, 0.15) is 0 Å². The molecule has 4 nitrogen and oxygen atoms in total. The number of sulfonamides is 1. The monoisotopic (exact) mass is 340 g/mol. The molecule has 0 aliphatic rings. The molecule has 2 aromatic rings. The van der Waals surface area contributed by atoms with Gasteiger partial charge in [0.25, 0.3) is 0 Å². The normalized spacial score (nSPS) is 11.3. The highest BCUT2D eigenvalue weighted by Gasteiger charge is 2.07. The largest absolute Gasteiger partial charge is 0.381 e. The maximum Gasteiger partial charge on any atom is 0.238 e. The zero-order chi connectivity index (χ0) is 13.9. The number of hydrogen-bond donors (Lipinski definition) is 2. The minimum atomic E-state index is -3.66. The number of nitrogens with one attached hydrogen (secondary N) is 1. The molecular formula is C13H13BrN2O2S. The van der Waals surface area contributed by atoms with Gasteiger partial charge in [0.15, 0.2) is 0 Å². The number of benzene rings is 2.